The van der Waals surface area contributed by atoms with E-state index in [1.165, 1.54) is 30.0 Å². The van der Waals surface area contributed by atoms with E-state index in [9.17, 15) is 24.6 Å². The highest BCUT2D eigenvalue weighted by Gasteiger charge is 2.40. The Bertz CT molecular complexity index is 930. The van der Waals surface area contributed by atoms with E-state index in [0.29, 0.717) is 11.3 Å². The molecule has 0 aromatic heterocycles. The van der Waals surface area contributed by atoms with E-state index in [4.69, 9.17) is 4.74 Å². The Kier molecular flexibility index (Phi) is 5.84. The summed E-state index contributed by atoms with van der Waals surface area (Å²) in [5, 5.41) is 22.6. The van der Waals surface area contributed by atoms with Crippen LogP contribution in [0.3, 0.4) is 0 Å². The summed E-state index contributed by atoms with van der Waals surface area (Å²) in [5.74, 6) is -2.12. The molecule has 1 aliphatic heterocycles. The molecule has 152 valence electrons. The summed E-state index contributed by atoms with van der Waals surface area (Å²) in [6.45, 7) is 3.05. The minimum atomic E-state index is -1.19. The maximum atomic E-state index is 12.4. The maximum absolute atomic E-state index is 12.4. The van der Waals surface area contributed by atoms with Gasteiger partial charge in [0.2, 0.25) is 5.91 Å². The average molecular weight is 398 g/mol. The van der Waals surface area contributed by atoms with Crippen LogP contribution < -0.4 is 10.2 Å². The molecule has 0 bridgehead atoms. The topological polar surface area (TPSA) is 116 Å². The van der Waals surface area contributed by atoms with Gasteiger partial charge in [0.1, 0.15) is 12.8 Å². The van der Waals surface area contributed by atoms with Crippen LogP contribution in [0.4, 0.5) is 10.5 Å². The molecular weight excluding hydrogens is 376 g/mol. The second-order valence-electron chi connectivity index (χ2n) is 6.92. The van der Waals surface area contributed by atoms with Crippen LogP contribution in [0.2, 0.25) is 0 Å². The van der Waals surface area contributed by atoms with E-state index in [1.807, 2.05) is 30.3 Å². The van der Waals surface area contributed by atoms with Crippen molar-refractivity contribution in [2.75, 3.05) is 4.90 Å². The number of nitrogens with zero attached hydrogens (tertiary/aromatic N) is 1. The number of carboxylic acid groups (broad SMARTS) is 1. The van der Waals surface area contributed by atoms with Crippen molar-refractivity contribution < 1.29 is 29.3 Å². The van der Waals surface area contributed by atoms with Crippen LogP contribution >= 0.6 is 0 Å². The van der Waals surface area contributed by atoms with Gasteiger partial charge in [-0.1, -0.05) is 37.3 Å². The number of carbonyl (C=O) groups is 3. The number of fused-ring (bicyclic) bond motifs is 1. The number of benzene rings is 2. The van der Waals surface area contributed by atoms with Gasteiger partial charge in [0.25, 0.3) is 0 Å². The normalized spacial score (nSPS) is 20.5. The smallest absolute Gasteiger partial charge is 0.407 e. The molecule has 1 aliphatic rings. The molecule has 29 heavy (non-hydrogen) atoms. The van der Waals surface area contributed by atoms with E-state index in [1.54, 1.807) is 6.92 Å². The van der Waals surface area contributed by atoms with Gasteiger partial charge in [-0.25, -0.2) is 9.59 Å². The largest absolute Gasteiger partial charge is 0.478 e. The summed E-state index contributed by atoms with van der Waals surface area (Å²) < 4.78 is 5.25. The maximum Gasteiger partial charge on any atom is 0.407 e. The molecule has 0 saturated heterocycles. The van der Waals surface area contributed by atoms with Crippen LogP contribution in [0, 0.1) is 5.92 Å². The quantitative estimate of drug-likeness (QED) is 0.729. The first-order valence-electron chi connectivity index (χ1n) is 9.12. The molecule has 8 heteroatoms. The van der Waals surface area contributed by atoms with Crippen molar-refractivity contribution in [2.24, 2.45) is 5.92 Å². The van der Waals surface area contributed by atoms with Gasteiger partial charge < -0.3 is 20.3 Å². The number of hydrogen-bond donors (Lipinski definition) is 3. The van der Waals surface area contributed by atoms with Crippen molar-refractivity contribution >= 4 is 23.7 Å². The number of aliphatic hydroxyl groups is 1. The molecule has 0 aliphatic carbocycles. The van der Waals surface area contributed by atoms with Crippen molar-refractivity contribution in [3.63, 3.8) is 0 Å². The Balaban J connectivity index is 1.88. The summed E-state index contributed by atoms with van der Waals surface area (Å²) in [5.41, 5.74) is 1.60. The van der Waals surface area contributed by atoms with E-state index in [0.717, 1.165) is 5.56 Å². The van der Waals surface area contributed by atoms with Crippen molar-refractivity contribution in [3.8, 4) is 0 Å². The van der Waals surface area contributed by atoms with Crippen LogP contribution in [-0.2, 0) is 16.1 Å². The van der Waals surface area contributed by atoms with Crippen LogP contribution in [0.25, 0.3) is 0 Å². The van der Waals surface area contributed by atoms with Crippen molar-refractivity contribution in [2.45, 2.75) is 32.7 Å². The zero-order valence-electron chi connectivity index (χ0n) is 16.0. The molecule has 2 amide bonds. The zero-order chi connectivity index (χ0) is 21.1. The number of aliphatic hydroxyl groups excluding tert-OH is 1. The molecule has 3 rings (SSSR count). The summed E-state index contributed by atoms with van der Waals surface area (Å²) in [6.07, 6.45) is -1.89. The van der Waals surface area contributed by atoms with Crippen molar-refractivity contribution in [1.82, 2.24) is 5.32 Å². The number of aromatic carboxylic acids is 1. The van der Waals surface area contributed by atoms with Crippen LogP contribution in [-0.4, -0.2) is 34.4 Å². The number of nitrogens with one attached hydrogen (secondary N) is 1. The van der Waals surface area contributed by atoms with Crippen LogP contribution in [0.5, 0.6) is 0 Å². The minimum absolute atomic E-state index is 0.0142. The molecule has 1 heterocycles. The number of anilines is 1. The lowest BCUT2D eigenvalue weighted by Gasteiger charge is -2.42. The number of alkyl carbamates (subject to hydrolysis) is 1. The van der Waals surface area contributed by atoms with Crippen LogP contribution in [0.1, 0.15) is 41.4 Å². The number of ether oxygens (including phenoxy) is 1. The van der Waals surface area contributed by atoms with Gasteiger partial charge in [0, 0.05) is 12.8 Å². The Hall–Kier alpha value is -3.39. The zero-order valence-corrected chi connectivity index (χ0v) is 16.0. The highest BCUT2D eigenvalue weighted by molar-refractivity contribution is 5.95. The number of carbonyl (C=O) groups excluding carboxylic acids is 2. The number of carboxylic acids is 1. The third-order valence-electron chi connectivity index (χ3n) is 4.96. The summed E-state index contributed by atoms with van der Waals surface area (Å²) >= 11 is 0. The summed E-state index contributed by atoms with van der Waals surface area (Å²) in [4.78, 5) is 37.0. The predicted octanol–water partition coefficient (Wildman–Crippen LogP) is 2.67. The average Bonchev–Trinajstić information content (AvgIpc) is 2.70. The van der Waals surface area contributed by atoms with Gasteiger partial charge in [0.15, 0.2) is 0 Å². The molecule has 2 aromatic rings. The molecule has 0 radical (unpaired) electrons. The molecule has 2 aromatic carbocycles. The Morgan fingerprint density at radius 2 is 1.83 bits per heavy atom. The second-order valence-corrected chi connectivity index (χ2v) is 6.92. The van der Waals surface area contributed by atoms with E-state index in [-0.39, 0.29) is 12.2 Å². The van der Waals surface area contributed by atoms with Gasteiger partial charge in [-0.15, -0.1) is 0 Å². The van der Waals surface area contributed by atoms with Crippen molar-refractivity contribution in [1.29, 1.82) is 0 Å². The van der Waals surface area contributed by atoms with E-state index >= 15 is 0 Å². The number of amides is 2. The predicted molar refractivity (Wildman–Crippen MR) is 104 cm³/mol. The van der Waals surface area contributed by atoms with Gasteiger partial charge >= 0.3 is 12.1 Å². The number of hydrogen-bond acceptors (Lipinski definition) is 5. The lowest BCUT2D eigenvalue weighted by atomic mass is 9.85. The van der Waals surface area contributed by atoms with Crippen molar-refractivity contribution in [3.05, 3.63) is 65.2 Å². The summed E-state index contributed by atoms with van der Waals surface area (Å²) in [7, 11) is 0. The standard InChI is InChI=1S/C21H22N2O6/c1-12-18(22-21(28)29-11-14-6-4-3-5-7-14)16-10-15(20(26)27)8-9-17(16)23(13(2)24)19(12)25/h3-10,12,18-19,25H,11H2,1-2H3,(H,22,28)(H,26,27)/t12-,18?,19+/m1/s1. The van der Waals surface area contributed by atoms with Crippen LogP contribution in [0.15, 0.2) is 48.5 Å². The van der Waals surface area contributed by atoms with Gasteiger partial charge in [-0.3, -0.25) is 9.69 Å². The summed E-state index contributed by atoms with van der Waals surface area (Å²) in [6, 6.07) is 12.6. The molecule has 3 N–H and O–H groups in total. The van der Waals surface area contributed by atoms with Gasteiger partial charge in [-0.05, 0) is 29.3 Å². The SMILES string of the molecule is CC(=O)N1c2ccc(C(=O)O)cc2C(NC(=O)OCc2ccccc2)[C@@H](C)[C@@H]1O. The molecule has 0 spiro atoms. The lowest BCUT2D eigenvalue weighted by Crippen LogP contribution is -2.52. The first kappa shape index (κ1) is 20.3. The fourth-order valence-corrected chi connectivity index (χ4v) is 3.45. The lowest BCUT2D eigenvalue weighted by molar-refractivity contribution is -0.119. The van der Waals surface area contributed by atoms with E-state index in [2.05, 4.69) is 5.32 Å². The molecular formula is C21H22N2O6. The first-order chi connectivity index (χ1) is 13.8. The Morgan fingerprint density at radius 1 is 1.14 bits per heavy atom. The first-order valence-corrected chi connectivity index (χ1v) is 9.12. The molecule has 0 saturated carbocycles. The third-order valence-corrected chi connectivity index (χ3v) is 4.96. The third kappa shape index (κ3) is 4.22. The monoisotopic (exact) mass is 398 g/mol. The highest BCUT2D eigenvalue weighted by atomic mass is 16.5. The molecule has 0 fully saturated rings. The molecule has 1 unspecified atom stereocenters. The highest BCUT2D eigenvalue weighted by Crippen LogP contribution is 2.40. The second kappa shape index (κ2) is 8.32. The van der Waals surface area contributed by atoms with Gasteiger partial charge in [0.05, 0.1) is 17.3 Å². The number of rotatable bonds is 4. The Labute approximate surface area is 167 Å². The molecule has 3 atom stereocenters. The van der Waals surface area contributed by atoms with E-state index < -0.39 is 36.2 Å². The minimum Gasteiger partial charge on any atom is -0.478 e. The van der Waals surface area contributed by atoms with Gasteiger partial charge in [-0.2, -0.15) is 0 Å². The fourth-order valence-electron chi connectivity index (χ4n) is 3.45. The Morgan fingerprint density at radius 3 is 2.45 bits per heavy atom. The fraction of sp³-hybridized carbons (Fsp3) is 0.286. The molecule has 8 nitrogen and oxygen atoms in total.